The molecule has 1 aliphatic heterocycles. The van der Waals surface area contributed by atoms with E-state index in [0.29, 0.717) is 10.7 Å². The number of rotatable bonds is 5. The number of aromatic amines is 1. The summed E-state index contributed by atoms with van der Waals surface area (Å²) >= 11 is 0. The Morgan fingerprint density at radius 3 is 2.91 bits per heavy atom. The highest BCUT2D eigenvalue weighted by molar-refractivity contribution is 7.89. The number of aromatic nitrogens is 3. The summed E-state index contributed by atoms with van der Waals surface area (Å²) in [6.45, 7) is 3.92. The van der Waals surface area contributed by atoms with Crippen molar-refractivity contribution in [2.45, 2.75) is 43.8 Å². The summed E-state index contributed by atoms with van der Waals surface area (Å²) in [5.41, 5.74) is 1.65. The average Bonchev–Trinajstić information content (AvgIpc) is 3.18. The van der Waals surface area contributed by atoms with E-state index in [1.807, 2.05) is 19.1 Å². The second-order valence-electron chi connectivity index (χ2n) is 5.82. The molecular formula is C15H20N4O3S. The van der Waals surface area contributed by atoms with Gasteiger partial charge in [-0.15, -0.1) is 0 Å². The van der Waals surface area contributed by atoms with Gasteiger partial charge in [-0.05, 0) is 43.9 Å². The van der Waals surface area contributed by atoms with Gasteiger partial charge in [0.15, 0.2) is 5.82 Å². The normalized spacial score (nSPS) is 21.7. The minimum absolute atomic E-state index is 0.146. The number of nitrogens with zero attached hydrogens (tertiary/aromatic N) is 2. The molecular weight excluding hydrogens is 316 g/mol. The van der Waals surface area contributed by atoms with Gasteiger partial charge < -0.3 is 4.74 Å². The lowest BCUT2D eigenvalue weighted by Gasteiger charge is -2.14. The molecule has 2 aromatic rings. The van der Waals surface area contributed by atoms with E-state index in [2.05, 4.69) is 19.9 Å². The van der Waals surface area contributed by atoms with Crippen LogP contribution in [0.2, 0.25) is 0 Å². The molecule has 1 aromatic heterocycles. The van der Waals surface area contributed by atoms with Gasteiger partial charge in [0.2, 0.25) is 10.0 Å². The summed E-state index contributed by atoms with van der Waals surface area (Å²) < 4.78 is 33.4. The first-order chi connectivity index (χ1) is 11.0. The summed E-state index contributed by atoms with van der Waals surface area (Å²) in [5, 5.41) is 6.59. The summed E-state index contributed by atoms with van der Waals surface area (Å²) in [5.74, 6) is 0.685. The number of ether oxygens (including phenoxy) is 1. The Hall–Kier alpha value is -1.77. The second-order valence-corrected chi connectivity index (χ2v) is 7.55. The first-order valence-electron chi connectivity index (χ1n) is 7.53. The van der Waals surface area contributed by atoms with Gasteiger partial charge in [0, 0.05) is 6.54 Å². The van der Waals surface area contributed by atoms with Crippen LogP contribution in [0.4, 0.5) is 0 Å². The van der Waals surface area contributed by atoms with E-state index in [1.165, 1.54) is 6.33 Å². The largest absolute Gasteiger partial charge is 0.366 e. The zero-order valence-corrected chi connectivity index (χ0v) is 13.9. The van der Waals surface area contributed by atoms with Crippen LogP contribution in [0.3, 0.4) is 0 Å². The lowest BCUT2D eigenvalue weighted by Crippen LogP contribution is -2.32. The van der Waals surface area contributed by atoms with Gasteiger partial charge in [0.25, 0.3) is 0 Å². The molecule has 0 aliphatic carbocycles. The molecule has 1 saturated heterocycles. The van der Waals surface area contributed by atoms with Crippen molar-refractivity contribution in [3.8, 4) is 0 Å². The monoisotopic (exact) mass is 336 g/mol. The molecule has 3 rings (SSSR count). The summed E-state index contributed by atoms with van der Waals surface area (Å²) in [6, 6.07) is 5.40. The van der Waals surface area contributed by atoms with Gasteiger partial charge in [0.05, 0.1) is 11.0 Å². The van der Waals surface area contributed by atoms with Crippen LogP contribution in [0, 0.1) is 13.8 Å². The quantitative estimate of drug-likeness (QED) is 0.865. The minimum Gasteiger partial charge on any atom is -0.366 e. The van der Waals surface area contributed by atoms with Gasteiger partial charge in [-0.3, -0.25) is 5.10 Å². The Labute approximate surface area is 135 Å². The number of aryl methyl sites for hydroxylation is 2. The highest BCUT2D eigenvalue weighted by atomic mass is 32.2. The zero-order valence-electron chi connectivity index (χ0n) is 13.1. The molecule has 0 saturated carbocycles. The summed E-state index contributed by atoms with van der Waals surface area (Å²) in [4.78, 5) is 4.40. The van der Waals surface area contributed by atoms with Crippen LogP contribution < -0.4 is 4.72 Å². The van der Waals surface area contributed by atoms with Crippen molar-refractivity contribution in [1.82, 2.24) is 19.9 Å². The Morgan fingerprint density at radius 2 is 2.17 bits per heavy atom. The topological polar surface area (TPSA) is 97.0 Å². The molecule has 0 amide bonds. The molecule has 2 N–H and O–H groups in total. The van der Waals surface area contributed by atoms with Gasteiger partial charge in [0.1, 0.15) is 12.4 Å². The molecule has 0 spiro atoms. The predicted octanol–water partition coefficient (Wildman–Crippen LogP) is 1.62. The molecule has 0 radical (unpaired) electrons. The van der Waals surface area contributed by atoms with Crippen molar-refractivity contribution in [3.05, 3.63) is 41.5 Å². The fraction of sp³-hybridized carbons (Fsp3) is 0.467. The first-order valence-corrected chi connectivity index (χ1v) is 9.01. The number of H-pyrrole nitrogens is 1. The van der Waals surface area contributed by atoms with E-state index < -0.39 is 10.0 Å². The Bertz CT molecular complexity index is 774. The van der Waals surface area contributed by atoms with Crippen molar-refractivity contribution < 1.29 is 13.2 Å². The maximum absolute atomic E-state index is 12.5. The maximum Gasteiger partial charge on any atom is 0.240 e. The fourth-order valence-corrected chi connectivity index (χ4v) is 4.10. The lowest BCUT2D eigenvalue weighted by molar-refractivity contribution is 0.0430. The molecule has 0 unspecified atom stereocenters. The summed E-state index contributed by atoms with van der Waals surface area (Å²) in [6.07, 6.45) is 2.71. The zero-order chi connectivity index (χ0) is 16.4. The van der Waals surface area contributed by atoms with E-state index >= 15 is 0 Å². The van der Waals surface area contributed by atoms with Gasteiger partial charge in [-0.2, -0.15) is 5.10 Å². The molecule has 1 fully saturated rings. The number of benzene rings is 1. The highest BCUT2D eigenvalue weighted by Gasteiger charge is 2.29. The van der Waals surface area contributed by atoms with E-state index in [9.17, 15) is 8.42 Å². The van der Waals surface area contributed by atoms with E-state index in [4.69, 9.17) is 4.74 Å². The third-order valence-corrected chi connectivity index (χ3v) is 5.55. The maximum atomic E-state index is 12.5. The minimum atomic E-state index is -3.54. The van der Waals surface area contributed by atoms with Crippen LogP contribution >= 0.6 is 0 Å². The third kappa shape index (κ3) is 3.60. The molecule has 23 heavy (non-hydrogen) atoms. The van der Waals surface area contributed by atoms with Crippen molar-refractivity contribution in [1.29, 1.82) is 0 Å². The van der Waals surface area contributed by atoms with Crippen LogP contribution in [-0.4, -0.2) is 36.2 Å². The van der Waals surface area contributed by atoms with Crippen molar-refractivity contribution in [3.63, 3.8) is 0 Å². The van der Waals surface area contributed by atoms with Crippen molar-refractivity contribution in [2.75, 3.05) is 6.54 Å². The highest BCUT2D eigenvalue weighted by Crippen LogP contribution is 2.30. The number of hydrogen-bond donors (Lipinski definition) is 2. The van der Waals surface area contributed by atoms with Crippen molar-refractivity contribution in [2.24, 2.45) is 0 Å². The van der Waals surface area contributed by atoms with Crippen LogP contribution in [0.1, 0.15) is 35.9 Å². The molecule has 0 bridgehead atoms. The Balaban J connectivity index is 1.63. The Kier molecular flexibility index (Phi) is 4.47. The number of sulfonamides is 1. The molecule has 7 nitrogen and oxygen atoms in total. The molecule has 8 heteroatoms. The SMILES string of the molecule is Cc1ccc(C)c(S(=O)(=O)NC[C@H]2CC[C@@H](c3ncn[nH]3)O2)c1. The first kappa shape index (κ1) is 16.1. The van der Waals surface area contributed by atoms with E-state index in [-0.39, 0.29) is 18.8 Å². The number of hydrogen-bond acceptors (Lipinski definition) is 5. The van der Waals surface area contributed by atoms with Gasteiger partial charge in [-0.1, -0.05) is 12.1 Å². The standard InChI is InChI=1S/C15H20N4O3S/c1-10-3-4-11(2)14(7-10)23(20,21)18-8-12-5-6-13(22-12)15-16-9-17-19-15/h3-4,7,9,12-13,18H,5-6,8H2,1-2H3,(H,16,17,19)/t12-,13+/m1/s1. The second kappa shape index (κ2) is 6.38. The number of nitrogens with one attached hydrogen (secondary N) is 2. The Morgan fingerprint density at radius 1 is 1.35 bits per heavy atom. The average molecular weight is 336 g/mol. The molecule has 124 valence electrons. The third-order valence-electron chi connectivity index (χ3n) is 3.98. The fourth-order valence-electron chi connectivity index (χ4n) is 2.70. The van der Waals surface area contributed by atoms with Crippen LogP contribution in [0.25, 0.3) is 0 Å². The van der Waals surface area contributed by atoms with Crippen LogP contribution in [-0.2, 0) is 14.8 Å². The smallest absolute Gasteiger partial charge is 0.240 e. The van der Waals surface area contributed by atoms with E-state index in [0.717, 1.165) is 24.0 Å². The van der Waals surface area contributed by atoms with Crippen LogP contribution in [0.5, 0.6) is 0 Å². The van der Waals surface area contributed by atoms with Crippen LogP contribution in [0.15, 0.2) is 29.4 Å². The molecule has 1 aromatic carbocycles. The molecule has 1 aliphatic rings. The predicted molar refractivity (Wildman–Crippen MR) is 84.3 cm³/mol. The molecule has 2 atom stereocenters. The summed E-state index contributed by atoms with van der Waals surface area (Å²) in [7, 11) is -3.54. The molecule has 2 heterocycles. The van der Waals surface area contributed by atoms with Gasteiger partial charge >= 0.3 is 0 Å². The van der Waals surface area contributed by atoms with Gasteiger partial charge in [-0.25, -0.2) is 18.1 Å². The van der Waals surface area contributed by atoms with Crippen molar-refractivity contribution >= 4 is 10.0 Å². The lowest BCUT2D eigenvalue weighted by atomic mass is 10.2. The van der Waals surface area contributed by atoms with E-state index in [1.54, 1.807) is 13.0 Å².